The molecule has 1 aliphatic rings. The first-order chi connectivity index (χ1) is 9.61. The van der Waals surface area contributed by atoms with Crippen LogP contribution in [0.3, 0.4) is 0 Å². The minimum atomic E-state index is 0.0598. The molecule has 1 fully saturated rings. The molecule has 2 heterocycles. The Morgan fingerprint density at radius 3 is 3.00 bits per heavy atom. The predicted molar refractivity (Wildman–Crippen MR) is 81.9 cm³/mol. The molecule has 20 heavy (non-hydrogen) atoms. The van der Waals surface area contributed by atoms with Crippen LogP contribution in [0.1, 0.15) is 50.5 Å². The standard InChI is InChI=1S/C16H25N3O/c1-4-7-17-14-5-8-18-15(11-14)16(20)19-9-6-12(2)10-13(19)3/h5,8,11-13H,4,6-7,9-10H2,1-3H3,(H,17,18). The highest BCUT2D eigenvalue weighted by Gasteiger charge is 2.28. The van der Waals surface area contributed by atoms with Gasteiger partial charge in [0, 0.05) is 31.0 Å². The van der Waals surface area contributed by atoms with E-state index >= 15 is 0 Å². The maximum atomic E-state index is 12.6. The number of carbonyl (C=O) groups is 1. The van der Waals surface area contributed by atoms with Gasteiger partial charge in [-0.2, -0.15) is 0 Å². The summed E-state index contributed by atoms with van der Waals surface area (Å²) in [5.41, 5.74) is 1.52. The van der Waals surface area contributed by atoms with Crippen LogP contribution >= 0.6 is 0 Å². The molecule has 4 nitrogen and oxygen atoms in total. The van der Waals surface area contributed by atoms with Crippen LogP contribution in [0.25, 0.3) is 0 Å². The van der Waals surface area contributed by atoms with Gasteiger partial charge in [-0.1, -0.05) is 13.8 Å². The number of nitrogens with one attached hydrogen (secondary N) is 1. The Morgan fingerprint density at radius 1 is 1.50 bits per heavy atom. The average molecular weight is 275 g/mol. The van der Waals surface area contributed by atoms with Crippen LogP contribution in [-0.4, -0.2) is 34.9 Å². The van der Waals surface area contributed by atoms with Crippen molar-refractivity contribution in [1.82, 2.24) is 9.88 Å². The van der Waals surface area contributed by atoms with E-state index in [4.69, 9.17) is 0 Å². The summed E-state index contributed by atoms with van der Waals surface area (Å²) in [6.45, 7) is 8.26. The number of rotatable bonds is 4. The van der Waals surface area contributed by atoms with E-state index in [1.54, 1.807) is 6.20 Å². The van der Waals surface area contributed by atoms with Crippen molar-refractivity contribution in [2.24, 2.45) is 5.92 Å². The second-order valence-electron chi connectivity index (χ2n) is 5.83. The maximum Gasteiger partial charge on any atom is 0.272 e. The van der Waals surface area contributed by atoms with Gasteiger partial charge in [-0.05, 0) is 44.2 Å². The Morgan fingerprint density at radius 2 is 2.30 bits per heavy atom. The number of nitrogens with zero attached hydrogens (tertiary/aromatic N) is 2. The topological polar surface area (TPSA) is 45.2 Å². The number of hydrogen-bond donors (Lipinski definition) is 1. The minimum Gasteiger partial charge on any atom is -0.385 e. The van der Waals surface area contributed by atoms with Crippen molar-refractivity contribution in [1.29, 1.82) is 0 Å². The van der Waals surface area contributed by atoms with Gasteiger partial charge in [0.05, 0.1) is 0 Å². The highest BCUT2D eigenvalue weighted by molar-refractivity contribution is 5.93. The highest BCUT2D eigenvalue weighted by Crippen LogP contribution is 2.23. The van der Waals surface area contributed by atoms with E-state index in [1.807, 2.05) is 17.0 Å². The number of aromatic nitrogens is 1. The maximum absolute atomic E-state index is 12.6. The van der Waals surface area contributed by atoms with Crippen molar-refractivity contribution < 1.29 is 4.79 Å². The number of piperidine rings is 1. The van der Waals surface area contributed by atoms with Gasteiger partial charge in [-0.3, -0.25) is 9.78 Å². The molecule has 1 amide bonds. The van der Waals surface area contributed by atoms with E-state index in [2.05, 4.69) is 31.1 Å². The molecule has 4 heteroatoms. The second kappa shape index (κ2) is 6.73. The van der Waals surface area contributed by atoms with Gasteiger partial charge in [0.1, 0.15) is 5.69 Å². The summed E-state index contributed by atoms with van der Waals surface area (Å²) >= 11 is 0. The molecule has 1 N–H and O–H groups in total. The first kappa shape index (κ1) is 14.8. The fraction of sp³-hybridized carbons (Fsp3) is 0.625. The van der Waals surface area contributed by atoms with E-state index in [-0.39, 0.29) is 5.91 Å². The molecular weight excluding hydrogens is 250 g/mol. The molecule has 0 radical (unpaired) electrons. The smallest absolute Gasteiger partial charge is 0.272 e. The summed E-state index contributed by atoms with van der Waals surface area (Å²) in [5.74, 6) is 0.768. The Kier molecular flexibility index (Phi) is 4.99. The quantitative estimate of drug-likeness (QED) is 0.918. The lowest BCUT2D eigenvalue weighted by molar-refractivity contribution is 0.0582. The molecule has 0 saturated carbocycles. The largest absolute Gasteiger partial charge is 0.385 e. The molecule has 2 rings (SSSR count). The van der Waals surface area contributed by atoms with E-state index in [9.17, 15) is 4.79 Å². The molecule has 0 aromatic carbocycles. The zero-order chi connectivity index (χ0) is 14.5. The zero-order valence-corrected chi connectivity index (χ0v) is 12.7. The molecule has 1 aliphatic heterocycles. The number of pyridine rings is 1. The summed E-state index contributed by atoms with van der Waals surface area (Å²) in [7, 11) is 0. The summed E-state index contributed by atoms with van der Waals surface area (Å²) in [6, 6.07) is 4.08. The molecule has 1 saturated heterocycles. The van der Waals surface area contributed by atoms with Gasteiger partial charge in [0.15, 0.2) is 0 Å². The average Bonchev–Trinajstić information content (AvgIpc) is 2.45. The van der Waals surface area contributed by atoms with Gasteiger partial charge in [-0.25, -0.2) is 0 Å². The fourth-order valence-electron chi connectivity index (χ4n) is 2.78. The number of likely N-dealkylation sites (tertiary alicyclic amines) is 1. The van der Waals surface area contributed by atoms with Crippen LogP contribution in [-0.2, 0) is 0 Å². The molecule has 2 unspecified atom stereocenters. The first-order valence-electron chi connectivity index (χ1n) is 7.62. The van der Waals surface area contributed by atoms with Crippen LogP contribution < -0.4 is 5.32 Å². The van der Waals surface area contributed by atoms with Crippen molar-refractivity contribution in [2.45, 2.75) is 46.1 Å². The van der Waals surface area contributed by atoms with Gasteiger partial charge in [0.2, 0.25) is 0 Å². The highest BCUT2D eigenvalue weighted by atomic mass is 16.2. The third kappa shape index (κ3) is 3.50. The van der Waals surface area contributed by atoms with Gasteiger partial charge >= 0.3 is 0 Å². The van der Waals surface area contributed by atoms with Crippen molar-refractivity contribution in [3.8, 4) is 0 Å². The lowest BCUT2D eigenvalue weighted by Gasteiger charge is -2.36. The minimum absolute atomic E-state index is 0.0598. The number of hydrogen-bond acceptors (Lipinski definition) is 3. The lowest BCUT2D eigenvalue weighted by atomic mass is 9.93. The molecule has 1 aromatic heterocycles. The number of carbonyl (C=O) groups excluding carboxylic acids is 1. The summed E-state index contributed by atoms with van der Waals surface area (Å²) in [4.78, 5) is 18.8. The van der Waals surface area contributed by atoms with Crippen LogP contribution in [0, 0.1) is 5.92 Å². The third-order valence-electron chi connectivity index (χ3n) is 3.96. The van der Waals surface area contributed by atoms with Crippen molar-refractivity contribution in [3.63, 3.8) is 0 Å². The summed E-state index contributed by atoms with van der Waals surface area (Å²) in [6.07, 6.45) is 4.94. The van der Waals surface area contributed by atoms with E-state index in [1.165, 1.54) is 0 Å². The molecule has 0 bridgehead atoms. The van der Waals surface area contributed by atoms with Crippen LogP contribution in [0.2, 0.25) is 0 Å². The molecule has 110 valence electrons. The van der Waals surface area contributed by atoms with E-state index in [0.29, 0.717) is 17.7 Å². The molecule has 0 aliphatic carbocycles. The van der Waals surface area contributed by atoms with Crippen molar-refractivity contribution >= 4 is 11.6 Å². The number of anilines is 1. The molecule has 0 spiro atoms. The second-order valence-corrected chi connectivity index (χ2v) is 5.83. The van der Waals surface area contributed by atoms with Crippen LogP contribution in [0.4, 0.5) is 5.69 Å². The first-order valence-corrected chi connectivity index (χ1v) is 7.62. The lowest BCUT2D eigenvalue weighted by Crippen LogP contribution is -2.44. The Hall–Kier alpha value is -1.58. The Balaban J connectivity index is 2.08. The summed E-state index contributed by atoms with van der Waals surface area (Å²) < 4.78 is 0. The molecular formula is C16H25N3O. The Labute approximate surface area is 121 Å². The van der Waals surface area contributed by atoms with E-state index < -0.39 is 0 Å². The SMILES string of the molecule is CCCNc1ccnc(C(=O)N2CCC(C)CC2C)c1. The van der Waals surface area contributed by atoms with E-state index in [0.717, 1.165) is 38.0 Å². The van der Waals surface area contributed by atoms with Crippen molar-refractivity contribution in [2.75, 3.05) is 18.4 Å². The van der Waals surface area contributed by atoms with Crippen LogP contribution in [0.5, 0.6) is 0 Å². The van der Waals surface area contributed by atoms with Crippen LogP contribution in [0.15, 0.2) is 18.3 Å². The normalized spacial score (nSPS) is 22.6. The van der Waals surface area contributed by atoms with Crippen molar-refractivity contribution in [3.05, 3.63) is 24.0 Å². The summed E-state index contributed by atoms with van der Waals surface area (Å²) in [5, 5.41) is 3.30. The predicted octanol–water partition coefficient (Wildman–Crippen LogP) is 3.16. The number of amides is 1. The zero-order valence-electron chi connectivity index (χ0n) is 12.7. The van der Waals surface area contributed by atoms with Gasteiger partial charge in [0.25, 0.3) is 5.91 Å². The third-order valence-corrected chi connectivity index (χ3v) is 3.96. The van der Waals surface area contributed by atoms with Gasteiger partial charge in [-0.15, -0.1) is 0 Å². The molecule has 1 aromatic rings. The molecule has 2 atom stereocenters. The fourth-order valence-corrected chi connectivity index (χ4v) is 2.78. The Bertz CT molecular complexity index is 461. The monoisotopic (exact) mass is 275 g/mol. The van der Waals surface area contributed by atoms with Gasteiger partial charge < -0.3 is 10.2 Å².